The van der Waals surface area contributed by atoms with Crippen molar-refractivity contribution in [1.82, 2.24) is 19.1 Å². The number of nitrogens with zero attached hydrogens (tertiary/aromatic N) is 4. The standard InChI is InChI=1S/C29H34N4O5S/c1-5-37-29(34)15-25(23-12-13-26-21(4)30-31-33(26)18-23)22-11-10-19(2)24(14-22)17-32-16-20(3)38-27-8-6-7-9-28(27)39(32,35)36/h6-14,18,20,25,35-36H,5,15-17H2,1-4H3. The molecule has 1 aliphatic rings. The molecule has 10 heteroatoms. The summed E-state index contributed by atoms with van der Waals surface area (Å²) in [4.78, 5) is 13.1. The Kier molecular flexibility index (Phi) is 7.64. The maximum atomic E-state index is 12.7. The lowest BCUT2D eigenvalue weighted by molar-refractivity contribution is -0.143. The van der Waals surface area contributed by atoms with Crippen LogP contribution < -0.4 is 4.74 Å². The second-order valence-corrected chi connectivity index (χ2v) is 11.9. The molecule has 206 valence electrons. The topological polar surface area (TPSA) is 109 Å². The molecule has 0 saturated carbocycles. The molecule has 2 atom stereocenters. The number of aromatic nitrogens is 3. The highest BCUT2D eigenvalue weighted by Gasteiger charge is 2.34. The summed E-state index contributed by atoms with van der Waals surface area (Å²) in [6.45, 7) is 8.57. The number of hydrogen-bond acceptors (Lipinski definition) is 8. The Morgan fingerprint density at radius 1 is 1.15 bits per heavy atom. The van der Waals surface area contributed by atoms with Crippen molar-refractivity contribution in [2.45, 2.75) is 57.6 Å². The van der Waals surface area contributed by atoms with Crippen LogP contribution in [0.25, 0.3) is 5.52 Å². The molecule has 0 radical (unpaired) electrons. The minimum Gasteiger partial charge on any atom is -0.487 e. The fourth-order valence-corrected chi connectivity index (χ4v) is 6.70. The minimum atomic E-state index is -3.29. The molecule has 2 aromatic heterocycles. The lowest BCUT2D eigenvalue weighted by Gasteiger charge is -2.42. The van der Waals surface area contributed by atoms with Gasteiger partial charge in [0.15, 0.2) is 0 Å². The van der Waals surface area contributed by atoms with E-state index in [4.69, 9.17) is 9.47 Å². The van der Waals surface area contributed by atoms with Gasteiger partial charge in [-0.15, -0.1) is 15.9 Å². The monoisotopic (exact) mass is 550 g/mol. The molecule has 0 aliphatic carbocycles. The molecule has 2 unspecified atom stereocenters. The Bertz CT molecular complexity index is 1500. The lowest BCUT2D eigenvalue weighted by atomic mass is 9.87. The van der Waals surface area contributed by atoms with Crippen LogP contribution in [0.2, 0.25) is 0 Å². The first kappa shape index (κ1) is 27.1. The molecule has 39 heavy (non-hydrogen) atoms. The maximum absolute atomic E-state index is 12.7. The zero-order valence-corrected chi connectivity index (χ0v) is 23.4. The molecule has 5 rings (SSSR count). The highest BCUT2D eigenvalue weighted by Crippen LogP contribution is 2.57. The first-order chi connectivity index (χ1) is 18.7. The van der Waals surface area contributed by atoms with Crippen molar-refractivity contribution in [1.29, 1.82) is 0 Å². The molecule has 2 N–H and O–H groups in total. The number of benzene rings is 2. The van der Waals surface area contributed by atoms with Crippen LogP contribution in [0.4, 0.5) is 0 Å². The van der Waals surface area contributed by atoms with Crippen molar-refractivity contribution in [2.75, 3.05) is 13.2 Å². The van der Waals surface area contributed by atoms with Gasteiger partial charge in [0.2, 0.25) is 0 Å². The summed E-state index contributed by atoms with van der Waals surface area (Å²) in [6.07, 6.45) is 1.82. The molecule has 0 amide bonds. The summed E-state index contributed by atoms with van der Waals surface area (Å²) in [5.41, 5.74) is 5.52. The summed E-state index contributed by atoms with van der Waals surface area (Å²) >= 11 is 0. The number of rotatable bonds is 7. The maximum Gasteiger partial charge on any atom is 0.306 e. The largest absolute Gasteiger partial charge is 0.487 e. The van der Waals surface area contributed by atoms with Gasteiger partial charge in [-0.25, -0.2) is 4.52 Å². The van der Waals surface area contributed by atoms with Gasteiger partial charge in [0, 0.05) is 18.7 Å². The van der Waals surface area contributed by atoms with Gasteiger partial charge < -0.3 is 9.47 Å². The molecular formula is C29H34N4O5S. The third-order valence-electron chi connectivity index (χ3n) is 7.11. The molecule has 1 aliphatic heterocycles. The Labute approximate surface area is 229 Å². The van der Waals surface area contributed by atoms with Crippen molar-refractivity contribution in [3.05, 3.63) is 88.7 Å². The van der Waals surface area contributed by atoms with Crippen molar-refractivity contribution >= 4 is 22.3 Å². The number of hydrogen-bond donors (Lipinski definition) is 2. The molecular weight excluding hydrogens is 516 g/mol. The van der Waals surface area contributed by atoms with Crippen molar-refractivity contribution in [3.8, 4) is 5.75 Å². The lowest BCUT2D eigenvalue weighted by Crippen LogP contribution is -2.33. The van der Waals surface area contributed by atoms with E-state index in [-0.39, 0.29) is 24.4 Å². The predicted octanol–water partition coefficient (Wildman–Crippen LogP) is 5.74. The van der Waals surface area contributed by atoms with Gasteiger partial charge in [-0.05, 0) is 68.1 Å². The van der Waals surface area contributed by atoms with Gasteiger partial charge in [0.1, 0.15) is 16.7 Å². The third kappa shape index (κ3) is 5.51. The average molecular weight is 551 g/mol. The molecule has 3 heterocycles. The van der Waals surface area contributed by atoms with Crippen LogP contribution in [0, 0.1) is 13.8 Å². The quantitative estimate of drug-likeness (QED) is 0.281. The van der Waals surface area contributed by atoms with E-state index >= 15 is 0 Å². The van der Waals surface area contributed by atoms with E-state index < -0.39 is 10.8 Å². The fourth-order valence-electron chi connectivity index (χ4n) is 5.03. The highest BCUT2D eigenvalue weighted by atomic mass is 32.3. The molecule has 0 saturated heterocycles. The van der Waals surface area contributed by atoms with Crippen LogP contribution >= 0.6 is 10.8 Å². The van der Waals surface area contributed by atoms with Crippen LogP contribution in [-0.2, 0) is 16.1 Å². The van der Waals surface area contributed by atoms with Crippen molar-refractivity contribution < 1.29 is 23.4 Å². The van der Waals surface area contributed by atoms with Gasteiger partial charge in [-0.3, -0.25) is 13.9 Å². The van der Waals surface area contributed by atoms with Gasteiger partial charge >= 0.3 is 5.97 Å². The van der Waals surface area contributed by atoms with E-state index in [9.17, 15) is 13.9 Å². The second-order valence-electron chi connectivity index (χ2n) is 9.93. The van der Waals surface area contributed by atoms with Crippen LogP contribution in [-0.4, -0.2) is 53.5 Å². The number of pyridine rings is 1. The normalized spacial score (nSPS) is 18.6. The molecule has 9 nitrogen and oxygen atoms in total. The van der Waals surface area contributed by atoms with E-state index in [0.29, 0.717) is 30.3 Å². The Hall–Kier alpha value is -3.44. The van der Waals surface area contributed by atoms with E-state index in [2.05, 4.69) is 10.3 Å². The zero-order valence-electron chi connectivity index (χ0n) is 22.6. The number of para-hydroxylation sites is 1. The number of ether oxygens (including phenoxy) is 2. The molecule has 2 aromatic carbocycles. The first-order valence-electron chi connectivity index (χ1n) is 13.0. The van der Waals surface area contributed by atoms with E-state index in [0.717, 1.165) is 33.5 Å². The smallest absolute Gasteiger partial charge is 0.306 e. The van der Waals surface area contributed by atoms with Crippen molar-refractivity contribution in [2.24, 2.45) is 0 Å². The number of carbonyl (C=O) groups is 1. The number of fused-ring (bicyclic) bond motifs is 2. The van der Waals surface area contributed by atoms with Gasteiger partial charge in [0.25, 0.3) is 0 Å². The third-order valence-corrected chi connectivity index (χ3v) is 9.03. The second kappa shape index (κ2) is 11.0. The summed E-state index contributed by atoms with van der Waals surface area (Å²) in [6, 6.07) is 17.1. The van der Waals surface area contributed by atoms with E-state index in [1.54, 1.807) is 33.9 Å². The Morgan fingerprint density at radius 2 is 1.92 bits per heavy atom. The van der Waals surface area contributed by atoms with E-state index in [1.165, 1.54) is 0 Å². The number of aryl methyl sites for hydroxylation is 2. The molecule has 0 fully saturated rings. The van der Waals surface area contributed by atoms with Gasteiger partial charge in [0.05, 0.1) is 30.8 Å². The molecule has 4 aromatic rings. The summed E-state index contributed by atoms with van der Waals surface area (Å²) in [5, 5.41) is 8.36. The molecule has 0 spiro atoms. The van der Waals surface area contributed by atoms with Gasteiger partial charge in [-0.2, -0.15) is 4.31 Å². The van der Waals surface area contributed by atoms with E-state index in [1.807, 2.05) is 63.4 Å². The molecule has 0 bridgehead atoms. The minimum absolute atomic E-state index is 0.159. The number of esters is 1. The van der Waals surface area contributed by atoms with Crippen LogP contribution in [0.1, 0.15) is 54.1 Å². The van der Waals surface area contributed by atoms with Gasteiger partial charge in [-0.1, -0.05) is 41.6 Å². The highest BCUT2D eigenvalue weighted by molar-refractivity contribution is 8.22. The summed E-state index contributed by atoms with van der Waals surface area (Å²) < 4.78 is 37.5. The first-order valence-corrected chi connectivity index (χ1v) is 14.5. The Balaban J connectivity index is 1.52. The van der Waals surface area contributed by atoms with Crippen LogP contribution in [0.3, 0.4) is 0 Å². The SMILES string of the molecule is CCOC(=O)CC(c1ccc(C)c(CN2CC(C)Oc3ccccc3S2(O)O)c1)c1ccc2c(C)nnn2c1. The van der Waals surface area contributed by atoms with Crippen LogP contribution in [0.5, 0.6) is 5.75 Å². The fraction of sp³-hybridized carbons (Fsp3) is 0.345. The van der Waals surface area contributed by atoms with Crippen molar-refractivity contribution in [3.63, 3.8) is 0 Å². The predicted molar refractivity (Wildman–Crippen MR) is 150 cm³/mol. The Morgan fingerprint density at radius 3 is 2.72 bits per heavy atom. The number of carbonyl (C=O) groups excluding carboxylic acids is 1. The average Bonchev–Trinajstić information content (AvgIpc) is 3.24. The summed E-state index contributed by atoms with van der Waals surface area (Å²) in [5.74, 6) is -0.0836. The zero-order chi connectivity index (χ0) is 27.7. The summed E-state index contributed by atoms with van der Waals surface area (Å²) in [7, 11) is -3.29. The van der Waals surface area contributed by atoms with Crippen LogP contribution in [0.15, 0.2) is 65.7 Å².